The molecule has 0 heterocycles. The fourth-order valence-electron chi connectivity index (χ4n) is 1.23. The van der Waals surface area contributed by atoms with E-state index in [9.17, 15) is 4.79 Å². The van der Waals surface area contributed by atoms with Crippen LogP contribution in [0.3, 0.4) is 0 Å². The average molecular weight is 225 g/mol. The molecular formula is C11H15NO4. The van der Waals surface area contributed by atoms with Gasteiger partial charge in [0, 0.05) is 5.69 Å². The van der Waals surface area contributed by atoms with Crippen LogP contribution in [0.15, 0.2) is 24.3 Å². The number of hydrogen-bond acceptors (Lipinski definition) is 4. The van der Waals surface area contributed by atoms with Gasteiger partial charge in [-0.1, -0.05) is 12.1 Å². The van der Waals surface area contributed by atoms with Gasteiger partial charge in [-0.25, -0.2) is 4.79 Å². The van der Waals surface area contributed by atoms with Crippen molar-refractivity contribution in [2.24, 2.45) is 0 Å². The molecular weight excluding hydrogens is 210 g/mol. The highest BCUT2D eigenvalue weighted by atomic mass is 16.4. The van der Waals surface area contributed by atoms with E-state index in [0.717, 1.165) is 0 Å². The van der Waals surface area contributed by atoms with Crippen LogP contribution >= 0.6 is 0 Å². The van der Waals surface area contributed by atoms with Gasteiger partial charge in [-0.15, -0.1) is 0 Å². The zero-order valence-corrected chi connectivity index (χ0v) is 8.97. The van der Waals surface area contributed by atoms with E-state index in [1.54, 1.807) is 25.1 Å². The minimum atomic E-state index is -1.05. The van der Waals surface area contributed by atoms with Crippen LogP contribution in [0, 0.1) is 0 Å². The maximum atomic E-state index is 10.9. The molecule has 0 atom stereocenters. The smallest absolute Gasteiger partial charge is 0.337 e. The third kappa shape index (κ3) is 2.71. The molecule has 4 N–H and O–H groups in total. The van der Waals surface area contributed by atoms with E-state index in [4.69, 9.17) is 15.3 Å². The number of aliphatic hydroxyl groups excluding tert-OH is 2. The van der Waals surface area contributed by atoms with Crippen LogP contribution in [0.1, 0.15) is 17.3 Å². The Morgan fingerprint density at radius 2 is 1.88 bits per heavy atom. The Labute approximate surface area is 93.4 Å². The molecule has 0 unspecified atom stereocenters. The van der Waals surface area contributed by atoms with E-state index < -0.39 is 11.5 Å². The van der Waals surface area contributed by atoms with Gasteiger partial charge in [-0.05, 0) is 19.1 Å². The molecule has 16 heavy (non-hydrogen) atoms. The largest absolute Gasteiger partial charge is 0.478 e. The SMILES string of the molecule is CC(CO)(CO)Nc1ccccc1C(=O)O. The van der Waals surface area contributed by atoms with Crippen molar-refractivity contribution in [2.45, 2.75) is 12.5 Å². The Balaban J connectivity index is 3.01. The molecule has 0 aliphatic rings. The first kappa shape index (κ1) is 12.5. The van der Waals surface area contributed by atoms with E-state index in [1.807, 2.05) is 0 Å². The highest BCUT2D eigenvalue weighted by molar-refractivity contribution is 5.94. The van der Waals surface area contributed by atoms with Gasteiger partial charge in [0.1, 0.15) is 0 Å². The normalized spacial score (nSPS) is 11.2. The summed E-state index contributed by atoms with van der Waals surface area (Å²) in [7, 11) is 0. The maximum Gasteiger partial charge on any atom is 0.337 e. The summed E-state index contributed by atoms with van der Waals surface area (Å²) >= 11 is 0. The number of carbonyl (C=O) groups is 1. The third-order valence-corrected chi connectivity index (χ3v) is 2.29. The van der Waals surface area contributed by atoms with Crippen LogP contribution in [0.5, 0.6) is 0 Å². The van der Waals surface area contributed by atoms with Crippen molar-refractivity contribution >= 4 is 11.7 Å². The van der Waals surface area contributed by atoms with Gasteiger partial charge < -0.3 is 20.6 Å². The van der Waals surface area contributed by atoms with E-state index in [2.05, 4.69) is 5.32 Å². The molecule has 5 heteroatoms. The topological polar surface area (TPSA) is 89.8 Å². The fraction of sp³-hybridized carbons (Fsp3) is 0.364. The zero-order valence-electron chi connectivity index (χ0n) is 8.97. The summed E-state index contributed by atoms with van der Waals surface area (Å²) < 4.78 is 0. The fourth-order valence-corrected chi connectivity index (χ4v) is 1.23. The number of para-hydroxylation sites is 1. The van der Waals surface area contributed by atoms with Crippen LogP contribution in [0.4, 0.5) is 5.69 Å². The zero-order chi connectivity index (χ0) is 12.2. The Morgan fingerprint density at radius 3 is 2.38 bits per heavy atom. The summed E-state index contributed by atoms with van der Waals surface area (Å²) in [5, 5.41) is 30.0. The summed E-state index contributed by atoms with van der Waals surface area (Å²) in [6, 6.07) is 6.35. The Bertz CT molecular complexity index is 374. The molecule has 0 saturated heterocycles. The second-order valence-corrected chi connectivity index (χ2v) is 3.85. The van der Waals surface area contributed by atoms with Gasteiger partial charge in [0.15, 0.2) is 0 Å². The molecule has 0 amide bonds. The van der Waals surface area contributed by atoms with Crippen LogP contribution in [-0.4, -0.2) is 40.0 Å². The number of benzene rings is 1. The Morgan fingerprint density at radius 1 is 1.31 bits per heavy atom. The summed E-state index contributed by atoms with van der Waals surface area (Å²) in [4.78, 5) is 10.9. The van der Waals surface area contributed by atoms with Crippen molar-refractivity contribution in [3.63, 3.8) is 0 Å². The second-order valence-electron chi connectivity index (χ2n) is 3.85. The molecule has 1 aromatic rings. The number of carboxylic acids is 1. The van der Waals surface area contributed by atoms with Crippen molar-refractivity contribution < 1.29 is 20.1 Å². The monoisotopic (exact) mass is 225 g/mol. The molecule has 0 spiro atoms. The quantitative estimate of drug-likeness (QED) is 0.587. The molecule has 5 nitrogen and oxygen atoms in total. The van der Waals surface area contributed by atoms with E-state index in [-0.39, 0.29) is 18.8 Å². The van der Waals surface area contributed by atoms with Gasteiger partial charge in [0.05, 0.1) is 24.3 Å². The van der Waals surface area contributed by atoms with Gasteiger partial charge >= 0.3 is 5.97 Å². The predicted octanol–water partition coefficient (Wildman–Crippen LogP) is 0.540. The molecule has 0 fully saturated rings. The summed E-state index contributed by atoms with van der Waals surface area (Å²) in [6.07, 6.45) is 0. The molecule has 1 aromatic carbocycles. The maximum absolute atomic E-state index is 10.9. The number of anilines is 1. The molecule has 0 aromatic heterocycles. The summed E-state index contributed by atoms with van der Waals surface area (Å²) in [5.41, 5.74) is -0.456. The standard InChI is InChI=1S/C11H15NO4/c1-11(6-13,7-14)12-9-5-3-2-4-8(9)10(15)16/h2-5,12-14H,6-7H2,1H3,(H,15,16). The average Bonchev–Trinajstić information content (AvgIpc) is 2.29. The Kier molecular flexibility index (Phi) is 3.87. The van der Waals surface area contributed by atoms with Crippen molar-refractivity contribution in [3.05, 3.63) is 29.8 Å². The number of aliphatic hydroxyl groups is 2. The molecule has 88 valence electrons. The van der Waals surface area contributed by atoms with Gasteiger partial charge in [-0.3, -0.25) is 0 Å². The molecule has 0 aliphatic heterocycles. The van der Waals surface area contributed by atoms with Gasteiger partial charge in [-0.2, -0.15) is 0 Å². The minimum Gasteiger partial charge on any atom is -0.478 e. The predicted molar refractivity (Wildman–Crippen MR) is 59.6 cm³/mol. The van der Waals surface area contributed by atoms with E-state index in [1.165, 1.54) is 6.07 Å². The number of hydrogen-bond donors (Lipinski definition) is 4. The number of rotatable bonds is 5. The van der Waals surface area contributed by atoms with E-state index in [0.29, 0.717) is 5.69 Å². The summed E-state index contributed by atoms with van der Waals surface area (Å²) in [6.45, 7) is 1.01. The first-order valence-corrected chi connectivity index (χ1v) is 4.84. The molecule has 0 bridgehead atoms. The molecule has 0 saturated carbocycles. The molecule has 1 rings (SSSR count). The molecule has 0 radical (unpaired) electrons. The summed E-state index contributed by atoms with van der Waals surface area (Å²) in [5.74, 6) is -1.05. The highest BCUT2D eigenvalue weighted by Gasteiger charge is 2.23. The number of carboxylic acid groups (broad SMARTS) is 1. The van der Waals surface area contributed by atoms with Crippen molar-refractivity contribution in [1.82, 2.24) is 0 Å². The van der Waals surface area contributed by atoms with Crippen molar-refractivity contribution in [1.29, 1.82) is 0 Å². The molecule has 0 aliphatic carbocycles. The van der Waals surface area contributed by atoms with Crippen LogP contribution in [0.2, 0.25) is 0 Å². The van der Waals surface area contributed by atoms with Crippen LogP contribution in [-0.2, 0) is 0 Å². The number of nitrogens with one attached hydrogen (secondary N) is 1. The van der Waals surface area contributed by atoms with Gasteiger partial charge in [0.2, 0.25) is 0 Å². The van der Waals surface area contributed by atoms with Gasteiger partial charge in [0.25, 0.3) is 0 Å². The van der Waals surface area contributed by atoms with Crippen LogP contribution in [0.25, 0.3) is 0 Å². The minimum absolute atomic E-state index is 0.107. The first-order valence-electron chi connectivity index (χ1n) is 4.84. The lowest BCUT2D eigenvalue weighted by Gasteiger charge is -2.28. The highest BCUT2D eigenvalue weighted by Crippen LogP contribution is 2.19. The second kappa shape index (κ2) is 4.96. The van der Waals surface area contributed by atoms with Crippen molar-refractivity contribution in [2.75, 3.05) is 18.5 Å². The lowest BCUT2D eigenvalue weighted by Crippen LogP contribution is -2.42. The van der Waals surface area contributed by atoms with Crippen molar-refractivity contribution in [3.8, 4) is 0 Å². The third-order valence-electron chi connectivity index (χ3n) is 2.29. The Hall–Kier alpha value is -1.59. The lowest BCUT2D eigenvalue weighted by molar-refractivity contribution is 0.0697. The van der Waals surface area contributed by atoms with E-state index >= 15 is 0 Å². The van der Waals surface area contributed by atoms with Crippen LogP contribution < -0.4 is 5.32 Å². The number of aromatic carboxylic acids is 1. The lowest BCUT2D eigenvalue weighted by atomic mass is 10.0. The first-order chi connectivity index (χ1) is 7.52.